The van der Waals surface area contributed by atoms with Crippen LogP contribution < -0.4 is 15.1 Å². The van der Waals surface area contributed by atoms with Crippen LogP contribution in [0.4, 0.5) is 27.4 Å². The van der Waals surface area contributed by atoms with Crippen molar-refractivity contribution in [2.75, 3.05) is 41.3 Å². The molecule has 0 amide bonds. The highest BCUT2D eigenvalue weighted by Crippen LogP contribution is 2.25. The minimum atomic E-state index is -0.179. The molecule has 7 heteroatoms. The van der Waals surface area contributed by atoms with Gasteiger partial charge in [-0.05, 0) is 37.3 Å². The number of nitrogens with zero attached hydrogens (tertiary/aromatic N) is 4. The van der Waals surface area contributed by atoms with Crippen molar-refractivity contribution in [2.24, 2.45) is 0 Å². The zero-order valence-electron chi connectivity index (χ0n) is 15.6. The molecule has 1 fully saturated rings. The molecular formula is C21H21ClFN5. The van der Waals surface area contributed by atoms with Gasteiger partial charge in [-0.15, -0.1) is 0 Å². The van der Waals surface area contributed by atoms with Crippen molar-refractivity contribution in [3.8, 4) is 0 Å². The number of aromatic nitrogens is 2. The molecule has 0 atom stereocenters. The minimum Gasteiger partial charge on any atom is -0.366 e. The van der Waals surface area contributed by atoms with Gasteiger partial charge in [0, 0.05) is 43.0 Å². The van der Waals surface area contributed by atoms with Crippen LogP contribution in [0.25, 0.3) is 0 Å². The van der Waals surface area contributed by atoms with E-state index >= 15 is 0 Å². The Morgan fingerprint density at radius 2 is 1.68 bits per heavy atom. The average molecular weight is 398 g/mol. The van der Waals surface area contributed by atoms with Gasteiger partial charge < -0.3 is 15.1 Å². The van der Waals surface area contributed by atoms with E-state index in [1.54, 1.807) is 6.07 Å². The van der Waals surface area contributed by atoms with Gasteiger partial charge in [0.15, 0.2) is 0 Å². The van der Waals surface area contributed by atoms with Crippen LogP contribution in [0, 0.1) is 12.7 Å². The highest BCUT2D eigenvalue weighted by molar-refractivity contribution is 6.30. The highest BCUT2D eigenvalue weighted by Gasteiger charge is 2.21. The summed E-state index contributed by atoms with van der Waals surface area (Å²) in [7, 11) is 0. The van der Waals surface area contributed by atoms with Crippen LogP contribution in [-0.2, 0) is 0 Å². The van der Waals surface area contributed by atoms with Crippen molar-refractivity contribution in [1.82, 2.24) is 9.97 Å². The monoisotopic (exact) mass is 397 g/mol. The molecule has 3 aromatic rings. The number of piperazine rings is 1. The number of para-hydroxylation sites is 1. The van der Waals surface area contributed by atoms with Crippen molar-refractivity contribution < 1.29 is 4.39 Å². The number of nitrogens with one attached hydrogen (secondary N) is 1. The molecule has 0 unspecified atom stereocenters. The fourth-order valence-electron chi connectivity index (χ4n) is 3.38. The molecule has 1 aliphatic heterocycles. The van der Waals surface area contributed by atoms with Gasteiger partial charge >= 0.3 is 0 Å². The molecule has 1 N–H and O–H groups in total. The number of aryl methyl sites for hydroxylation is 1. The second-order valence-electron chi connectivity index (χ2n) is 6.72. The topological polar surface area (TPSA) is 44.3 Å². The van der Waals surface area contributed by atoms with Crippen LogP contribution in [0.5, 0.6) is 0 Å². The molecule has 0 aliphatic carbocycles. The predicted molar refractivity (Wildman–Crippen MR) is 112 cm³/mol. The molecule has 0 spiro atoms. The van der Waals surface area contributed by atoms with Crippen molar-refractivity contribution >= 4 is 34.6 Å². The van der Waals surface area contributed by atoms with E-state index < -0.39 is 0 Å². The number of benzene rings is 2. The molecule has 1 saturated heterocycles. The van der Waals surface area contributed by atoms with Crippen LogP contribution in [-0.4, -0.2) is 36.1 Å². The van der Waals surface area contributed by atoms with Gasteiger partial charge in [-0.3, -0.25) is 0 Å². The van der Waals surface area contributed by atoms with Crippen molar-refractivity contribution in [1.29, 1.82) is 0 Å². The molecule has 5 nitrogen and oxygen atoms in total. The predicted octanol–water partition coefficient (Wildman–Crippen LogP) is 4.65. The third-order valence-corrected chi connectivity index (χ3v) is 4.95. The zero-order valence-corrected chi connectivity index (χ0v) is 16.3. The Hall–Kier alpha value is -2.86. The third kappa shape index (κ3) is 4.17. The molecule has 0 saturated carbocycles. The second-order valence-corrected chi connectivity index (χ2v) is 7.16. The second kappa shape index (κ2) is 8.02. The lowest BCUT2D eigenvalue weighted by molar-refractivity contribution is 0.596. The minimum absolute atomic E-state index is 0.179. The quantitative estimate of drug-likeness (QED) is 0.694. The van der Waals surface area contributed by atoms with Gasteiger partial charge in [0.05, 0.1) is 5.69 Å². The number of hydrogen-bond donors (Lipinski definition) is 1. The number of halogens is 2. The smallest absolute Gasteiger partial charge is 0.146 e. The highest BCUT2D eigenvalue weighted by atomic mass is 35.5. The Bertz CT molecular complexity index is 973. The van der Waals surface area contributed by atoms with E-state index in [0.717, 1.165) is 43.5 Å². The van der Waals surface area contributed by atoms with Crippen LogP contribution in [0.3, 0.4) is 0 Å². The molecule has 0 bridgehead atoms. The Kier molecular flexibility index (Phi) is 5.30. The first-order valence-corrected chi connectivity index (χ1v) is 9.59. The van der Waals surface area contributed by atoms with Gasteiger partial charge in [0.25, 0.3) is 0 Å². The summed E-state index contributed by atoms with van der Waals surface area (Å²) in [6, 6.07) is 16.4. The molecule has 1 aromatic heterocycles. The maximum atomic E-state index is 14.0. The summed E-state index contributed by atoms with van der Waals surface area (Å²) in [5.74, 6) is 2.10. The van der Waals surface area contributed by atoms with Gasteiger partial charge in [-0.2, -0.15) is 0 Å². The summed E-state index contributed by atoms with van der Waals surface area (Å²) in [6.07, 6.45) is 0. The molecular weight excluding hydrogens is 377 g/mol. The molecule has 0 radical (unpaired) electrons. The maximum Gasteiger partial charge on any atom is 0.146 e. The molecule has 2 aromatic carbocycles. The number of anilines is 4. The summed E-state index contributed by atoms with van der Waals surface area (Å²) in [6.45, 7) is 4.88. The number of rotatable bonds is 4. The Morgan fingerprint density at radius 3 is 2.43 bits per heavy atom. The molecule has 144 valence electrons. The van der Waals surface area contributed by atoms with Gasteiger partial charge in [0.1, 0.15) is 23.3 Å². The van der Waals surface area contributed by atoms with E-state index in [0.29, 0.717) is 16.5 Å². The molecule has 2 heterocycles. The van der Waals surface area contributed by atoms with Crippen molar-refractivity contribution in [3.63, 3.8) is 0 Å². The summed E-state index contributed by atoms with van der Waals surface area (Å²) >= 11 is 6.06. The summed E-state index contributed by atoms with van der Waals surface area (Å²) in [4.78, 5) is 13.3. The first kappa shape index (κ1) is 18.5. The van der Waals surface area contributed by atoms with Crippen LogP contribution in [0.1, 0.15) is 5.82 Å². The lowest BCUT2D eigenvalue weighted by Gasteiger charge is -2.37. The normalized spacial score (nSPS) is 14.2. The zero-order chi connectivity index (χ0) is 19.5. The van der Waals surface area contributed by atoms with E-state index in [1.165, 1.54) is 6.07 Å². The van der Waals surface area contributed by atoms with Crippen LogP contribution in [0.15, 0.2) is 54.6 Å². The Balaban J connectivity index is 1.48. The fraction of sp³-hybridized carbons (Fsp3) is 0.238. The molecule has 1 aliphatic rings. The van der Waals surface area contributed by atoms with Gasteiger partial charge in [-0.25, -0.2) is 14.4 Å². The van der Waals surface area contributed by atoms with Gasteiger partial charge in [0.2, 0.25) is 0 Å². The van der Waals surface area contributed by atoms with E-state index in [1.807, 2.05) is 49.4 Å². The lowest BCUT2D eigenvalue weighted by atomic mass is 10.2. The van der Waals surface area contributed by atoms with E-state index in [2.05, 4.69) is 25.1 Å². The van der Waals surface area contributed by atoms with Crippen LogP contribution in [0.2, 0.25) is 5.02 Å². The SMILES string of the molecule is Cc1nc(Nc2cccc(Cl)c2)cc(N2CCN(c3ccccc3F)CC2)n1. The molecule has 28 heavy (non-hydrogen) atoms. The Labute approximate surface area is 168 Å². The van der Waals surface area contributed by atoms with Crippen molar-refractivity contribution in [3.05, 3.63) is 71.3 Å². The summed E-state index contributed by atoms with van der Waals surface area (Å²) < 4.78 is 14.0. The Morgan fingerprint density at radius 1 is 0.929 bits per heavy atom. The first-order valence-electron chi connectivity index (χ1n) is 9.21. The van der Waals surface area contributed by atoms with E-state index in [4.69, 9.17) is 11.6 Å². The largest absolute Gasteiger partial charge is 0.366 e. The number of hydrogen-bond acceptors (Lipinski definition) is 5. The molecule has 4 rings (SSSR count). The lowest BCUT2D eigenvalue weighted by Crippen LogP contribution is -2.47. The van der Waals surface area contributed by atoms with E-state index in [9.17, 15) is 4.39 Å². The third-order valence-electron chi connectivity index (χ3n) is 4.72. The van der Waals surface area contributed by atoms with Crippen LogP contribution >= 0.6 is 11.6 Å². The summed E-state index contributed by atoms with van der Waals surface area (Å²) in [5, 5.41) is 3.95. The maximum absolute atomic E-state index is 14.0. The summed E-state index contributed by atoms with van der Waals surface area (Å²) in [5.41, 5.74) is 1.53. The first-order chi connectivity index (χ1) is 13.6. The van der Waals surface area contributed by atoms with Crippen molar-refractivity contribution in [2.45, 2.75) is 6.92 Å². The van der Waals surface area contributed by atoms with Gasteiger partial charge in [-0.1, -0.05) is 29.8 Å². The average Bonchev–Trinajstić information content (AvgIpc) is 2.68. The fourth-order valence-corrected chi connectivity index (χ4v) is 3.57. The van der Waals surface area contributed by atoms with E-state index in [-0.39, 0.29) is 5.82 Å². The standard InChI is InChI=1S/C21H21ClFN5/c1-15-24-20(26-17-6-4-5-16(22)13-17)14-21(25-15)28-11-9-27(10-12-28)19-8-3-2-7-18(19)23/h2-8,13-14H,9-12H2,1H3,(H,24,25,26).